The molecule has 1 saturated carbocycles. The summed E-state index contributed by atoms with van der Waals surface area (Å²) in [5.74, 6) is -0.105. The minimum atomic E-state index is -0.498. The van der Waals surface area contributed by atoms with Crippen molar-refractivity contribution in [2.45, 2.75) is 50.7 Å². The van der Waals surface area contributed by atoms with E-state index in [4.69, 9.17) is 10.5 Å². The largest absolute Gasteiger partial charge is 0.376 e. The van der Waals surface area contributed by atoms with Crippen LogP contribution in [0.2, 0.25) is 0 Å². The van der Waals surface area contributed by atoms with Crippen molar-refractivity contribution in [3.63, 3.8) is 0 Å². The summed E-state index contributed by atoms with van der Waals surface area (Å²) in [6, 6.07) is 9.34. The highest BCUT2D eigenvalue weighted by Crippen LogP contribution is 2.19. The number of carbonyl (C=O) groups is 1. The molecule has 0 aliphatic heterocycles. The first-order chi connectivity index (χ1) is 10.3. The Hall–Kier alpha value is -1.39. The van der Waals surface area contributed by atoms with Crippen molar-refractivity contribution < 1.29 is 9.53 Å². The van der Waals surface area contributed by atoms with E-state index < -0.39 is 6.04 Å². The van der Waals surface area contributed by atoms with Crippen molar-refractivity contribution >= 4 is 5.91 Å². The van der Waals surface area contributed by atoms with Crippen LogP contribution in [-0.4, -0.2) is 31.2 Å². The number of hydrogen-bond acceptors (Lipinski definition) is 3. The molecule has 4 nitrogen and oxygen atoms in total. The highest BCUT2D eigenvalue weighted by Gasteiger charge is 2.15. The average Bonchev–Trinajstić information content (AvgIpc) is 2.53. The molecule has 4 heteroatoms. The van der Waals surface area contributed by atoms with E-state index in [1.807, 2.05) is 30.3 Å². The lowest BCUT2D eigenvalue weighted by Gasteiger charge is -2.22. The van der Waals surface area contributed by atoms with E-state index in [1.165, 1.54) is 19.3 Å². The predicted octanol–water partition coefficient (Wildman–Crippen LogP) is 2.02. The van der Waals surface area contributed by atoms with Gasteiger partial charge in [-0.05, 0) is 24.8 Å². The van der Waals surface area contributed by atoms with E-state index in [0.717, 1.165) is 18.4 Å². The van der Waals surface area contributed by atoms with E-state index >= 15 is 0 Å². The number of carbonyl (C=O) groups excluding carboxylic acids is 1. The van der Waals surface area contributed by atoms with Crippen LogP contribution in [0.4, 0.5) is 0 Å². The lowest BCUT2D eigenvalue weighted by Crippen LogP contribution is -2.43. The fourth-order valence-corrected chi connectivity index (χ4v) is 2.72. The van der Waals surface area contributed by atoms with E-state index in [1.54, 1.807) is 0 Å². The van der Waals surface area contributed by atoms with Gasteiger partial charge in [-0.2, -0.15) is 0 Å². The summed E-state index contributed by atoms with van der Waals surface area (Å²) >= 11 is 0. The molecule has 0 spiro atoms. The van der Waals surface area contributed by atoms with Gasteiger partial charge in [0.25, 0.3) is 0 Å². The van der Waals surface area contributed by atoms with Gasteiger partial charge in [0.1, 0.15) is 0 Å². The van der Waals surface area contributed by atoms with E-state index in [2.05, 4.69) is 5.32 Å². The van der Waals surface area contributed by atoms with Gasteiger partial charge in [0.05, 0.1) is 18.8 Å². The monoisotopic (exact) mass is 290 g/mol. The summed E-state index contributed by atoms with van der Waals surface area (Å²) in [6.45, 7) is 1.12. The zero-order chi connectivity index (χ0) is 14.9. The molecule has 1 aromatic carbocycles. The quantitative estimate of drug-likeness (QED) is 0.755. The van der Waals surface area contributed by atoms with E-state index in [9.17, 15) is 4.79 Å². The first-order valence-corrected chi connectivity index (χ1v) is 7.94. The first kappa shape index (κ1) is 16.0. The first-order valence-electron chi connectivity index (χ1n) is 7.94. The molecule has 0 aromatic heterocycles. The maximum absolute atomic E-state index is 11.9. The van der Waals surface area contributed by atoms with Crippen LogP contribution in [0.5, 0.6) is 0 Å². The molecule has 0 bridgehead atoms. The van der Waals surface area contributed by atoms with Crippen LogP contribution < -0.4 is 11.1 Å². The summed E-state index contributed by atoms with van der Waals surface area (Å²) < 4.78 is 5.78. The minimum Gasteiger partial charge on any atom is -0.376 e. The van der Waals surface area contributed by atoms with Crippen LogP contribution in [0.3, 0.4) is 0 Å². The van der Waals surface area contributed by atoms with Crippen LogP contribution in [0.15, 0.2) is 30.3 Å². The number of nitrogens with two attached hydrogens (primary N) is 1. The molecule has 2 rings (SSSR count). The zero-order valence-electron chi connectivity index (χ0n) is 12.6. The van der Waals surface area contributed by atoms with Crippen molar-refractivity contribution in [2.75, 3.05) is 13.2 Å². The topological polar surface area (TPSA) is 64.4 Å². The Morgan fingerprint density at radius 1 is 1.24 bits per heavy atom. The van der Waals surface area contributed by atoms with E-state index in [-0.39, 0.29) is 5.91 Å². The molecule has 1 unspecified atom stereocenters. The van der Waals surface area contributed by atoms with Gasteiger partial charge in [-0.3, -0.25) is 4.79 Å². The second-order valence-corrected chi connectivity index (χ2v) is 5.72. The van der Waals surface area contributed by atoms with Crippen LogP contribution in [0, 0.1) is 0 Å². The summed E-state index contributed by atoms with van der Waals surface area (Å²) in [7, 11) is 0. The maximum Gasteiger partial charge on any atom is 0.237 e. The van der Waals surface area contributed by atoms with Gasteiger partial charge >= 0.3 is 0 Å². The Balaban J connectivity index is 1.60. The third-order valence-corrected chi connectivity index (χ3v) is 3.94. The molecule has 0 radical (unpaired) electrons. The van der Waals surface area contributed by atoms with Gasteiger partial charge in [-0.1, -0.05) is 49.6 Å². The molecule has 1 aliphatic rings. The van der Waals surface area contributed by atoms with Gasteiger partial charge in [-0.25, -0.2) is 0 Å². The molecule has 0 heterocycles. The van der Waals surface area contributed by atoms with Gasteiger partial charge in [0.2, 0.25) is 5.91 Å². The molecule has 1 aromatic rings. The second kappa shape index (κ2) is 8.80. The number of amides is 1. The summed E-state index contributed by atoms with van der Waals surface area (Å²) in [5.41, 5.74) is 7.00. The maximum atomic E-state index is 11.9. The van der Waals surface area contributed by atoms with Crippen molar-refractivity contribution in [1.29, 1.82) is 0 Å². The standard InChI is InChI=1S/C17H26N2O2/c18-16(13-14-7-3-1-4-8-14)17(20)19-11-12-21-15-9-5-2-6-10-15/h1,3-4,7-8,15-16H,2,5-6,9-13,18H2,(H,19,20). The Bertz CT molecular complexity index is 416. The smallest absolute Gasteiger partial charge is 0.237 e. The SMILES string of the molecule is NC(Cc1ccccc1)C(=O)NCCOC1CCCCC1. The van der Waals surface area contributed by atoms with Crippen LogP contribution in [0.25, 0.3) is 0 Å². The molecule has 116 valence electrons. The van der Waals surface area contributed by atoms with Crippen LogP contribution >= 0.6 is 0 Å². The van der Waals surface area contributed by atoms with Crippen molar-refractivity contribution in [1.82, 2.24) is 5.32 Å². The van der Waals surface area contributed by atoms with Crippen LogP contribution in [0.1, 0.15) is 37.7 Å². The van der Waals surface area contributed by atoms with Gasteiger partial charge in [0, 0.05) is 6.54 Å². The summed E-state index contributed by atoms with van der Waals surface area (Å²) in [4.78, 5) is 11.9. The lowest BCUT2D eigenvalue weighted by atomic mass is 9.98. The Kier molecular flexibility index (Phi) is 6.70. The number of benzene rings is 1. The fourth-order valence-electron chi connectivity index (χ4n) is 2.72. The Labute approximate surface area is 127 Å². The molecule has 3 N–H and O–H groups in total. The normalized spacial score (nSPS) is 17.4. The molecular formula is C17H26N2O2. The number of hydrogen-bond donors (Lipinski definition) is 2. The highest BCUT2D eigenvalue weighted by atomic mass is 16.5. The van der Waals surface area contributed by atoms with Crippen molar-refractivity contribution in [2.24, 2.45) is 5.73 Å². The fraction of sp³-hybridized carbons (Fsp3) is 0.588. The Morgan fingerprint density at radius 2 is 1.95 bits per heavy atom. The molecule has 1 atom stereocenters. The molecule has 0 saturated heterocycles. The van der Waals surface area contributed by atoms with Gasteiger partial charge in [0.15, 0.2) is 0 Å². The number of nitrogens with one attached hydrogen (secondary N) is 1. The van der Waals surface area contributed by atoms with Crippen molar-refractivity contribution in [3.05, 3.63) is 35.9 Å². The zero-order valence-corrected chi connectivity index (χ0v) is 12.6. The number of ether oxygens (including phenoxy) is 1. The number of rotatable bonds is 7. The molecule has 21 heavy (non-hydrogen) atoms. The van der Waals surface area contributed by atoms with Crippen molar-refractivity contribution in [3.8, 4) is 0 Å². The molecule has 1 fully saturated rings. The second-order valence-electron chi connectivity index (χ2n) is 5.72. The highest BCUT2D eigenvalue weighted by molar-refractivity contribution is 5.81. The molecular weight excluding hydrogens is 264 g/mol. The van der Waals surface area contributed by atoms with Gasteiger partial charge < -0.3 is 15.8 Å². The van der Waals surface area contributed by atoms with Crippen LogP contribution in [-0.2, 0) is 16.0 Å². The predicted molar refractivity (Wildman–Crippen MR) is 84.0 cm³/mol. The summed E-state index contributed by atoms with van der Waals surface area (Å²) in [5, 5.41) is 2.85. The third kappa shape index (κ3) is 5.86. The third-order valence-electron chi connectivity index (χ3n) is 3.94. The molecule has 1 aliphatic carbocycles. The summed E-state index contributed by atoms with van der Waals surface area (Å²) in [6.07, 6.45) is 7.11. The van der Waals surface area contributed by atoms with Gasteiger partial charge in [-0.15, -0.1) is 0 Å². The van der Waals surface area contributed by atoms with E-state index in [0.29, 0.717) is 25.7 Å². The average molecular weight is 290 g/mol. The molecule has 1 amide bonds. The Morgan fingerprint density at radius 3 is 2.67 bits per heavy atom. The minimum absolute atomic E-state index is 0.105. The lowest BCUT2D eigenvalue weighted by molar-refractivity contribution is -0.122.